The van der Waals surface area contributed by atoms with E-state index in [1.807, 2.05) is 18.2 Å². The Labute approximate surface area is 172 Å². The molecule has 1 aliphatic rings. The summed E-state index contributed by atoms with van der Waals surface area (Å²) in [6, 6.07) is 16.7. The van der Waals surface area contributed by atoms with Gasteiger partial charge in [0.05, 0.1) is 12.8 Å². The van der Waals surface area contributed by atoms with Crippen LogP contribution in [0, 0.1) is 13.8 Å². The molecule has 1 aliphatic heterocycles. The molecule has 4 rings (SSSR count). The average Bonchev–Trinajstić information content (AvgIpc) is 2.74. The van der Waals surface area contributed by atoms with Crippen LogP contribution in [0.3, 0.4) is 0 Å². The van der Waals surface area contributed by atoms with E-state index in [1.54, 1.807) is 13.4 Å². The fourth-order valence-corrected chi connectivity index (χ4v) is 3.66. The fraction of sp³-hybridized carbons (Fsp3) is 0.304. The number of hydrogen-bond acceptors (Lipinski definition) is 6. The summed E-state index contributed by atoms with van der Waals surface area (Å²) >= 11 is 0. The second kappa shape index (κ2) is 8.39. The fourth-order valence-electron chi connectivity index (χ4n) is 3.66. The van der Waals surface area contributed by atoms with E-state index in [0.717, 1.165) is 54.8 Å². The van der Waals surface area contributed by atoms with Crippen molar-refractivity contribution in [2.24, 2.45) is 0 Å². The smallest absolute Gasteiger partial charge is 0.142 e. The lowest BCUT2D eigenvalue weighted by atomic mass is 10.2. The van der Waals surface area contributed by atoms with Crippen molar-refractivity contribution in [3.8, 4) is 5.75 Å². The summed E-state index contributed by atoms with van der Waals surface area (Å²) in [6.45, 7) is 8.00. The molecule has 0 amide bonds. The maximum absolute atomic E-state index is 5.46. The molecule has 1 aromatic heterocycles. The van der Waals surface area contributed by atoms with Gasteiger partial charge in [-0.25, -0.2) is 9.97 Å². The zero-order chi connectivity index (χ0) is 20.2. The van der Waals surface area contributed by atoms with Crippen molar-refractivity contribution in [1.82, 2.24) is 9.97 Å². The van der Waals surface area contributed by atoms with E-state index in [2.05, 4.69) is 69.3 Å². The van der Waals surface area contributed by atoms with Gasteiger partial charge in [0.15, 0.2) is 0 Å². The third-order valence-corrected chi connectivity index (χ3v) is 5.24. The van der Waals surface area contributed by atoms with Gasteiger partial charge in [0.1, 0.15) is 23.7 Å². The molecule has 0 saturated carbocycles. The first-order valence-corrected chi connectivity index (χ1v) is 9.92. The maximum atomic E-state index is 5.46. The summed E-state index contributed by atoms with van der Waals surface area (Å²) in [5, 5.41) is 3.37. The number of benzene rings is 2. The number of hydrogen-bond donors (Lipinski definition) is 1. The van der Waals surface area contributed by atoms with Gasteiger partial charge in [-0.2, -0.15) is 0 Å². The molecule has 0 radical (unpaired) electrons. The predicted molar refractivity (Wildman–Crippen MR) is 119 cm³/mol. The second-order valence-electron chi connectivity index (χ2n) is 7.40. The highest BCUT2D eigenvalue weighted by molar-refractivity contribution is 5.66. The van der Waals surface area contributed by atoms with E-state index in [1.165, 1.54) is 11.3 Å². The molecule has 0 bridgehead atoms. The highest BCUT2D eigenvalue weighted by Gasteiger charge is 2.19. The number of rotatable bonds is 5. The van der Waals surface area contributed by atoms with Crippen LogP contribution in [0.1, 0.15) is 11.1 Å². The minimum atomic E-state index is 0.764. The lowest BCUT2D eigenvalue weighted by Gasteiger charge is -2.36. The van der Waals surface area contributed by atoms with E-state index in [4.69, 9.17) is 4.74 Å². The molecule has 6 heteroatoms. The Morgan fingerprint density at radius 1 is 0.862 bits per heavy atom. The van der Waals surface area contributed by atoms with Crippen LogP contribution >= 0.6 is 0 Å². The molecule has 0 unspecified atom stereocenters. The van der Waals surface area contributed by atoms with Gasteiger partial charge in [-0.1, -0.05) is 18.2 Å². The summed E-state index contributed by atoms with van der Waals surface area (Å²) < 4.78 is 5.46. The van der Waals surface area contributed by atoms with Gasteiger partial charge in [-0.3, -0.25) is 0 Å². The zero-order valence-electron chi connectivity index (χ0n) is 17.2. The molecule has 2 heterocycles. The van der Waals surface area contributed by atoms with Crippen LogP contribution < -0.4 is 19.9 Å². The summed E-state index contributed by atoms with van der Waals surface area (Å²) in [5.74, 6) is 2.50. The number of piperazine rings is 1. The molecule has 0 aliphatic carbocycles. The summed E-state index contributed by atoms with van der Waals surface area (Å²) in [4.78, 5) is 13.6. The van der Waals surface area contributed by atoms with Gasteiger partial charge >= 0.3 is 0 Å². The molecule has 3 aromatic rings. The Kier molecular flexibility index (Phi) is 5.51. The first-order chi connectivity index (χ1) is 14.1. The maximum Gasteiger partial charge on any atom is 0.142 e. The minimum Gasteiger partial charge on any atom is -0.495 e. The Hall–Kier alpha value is -3.28. The number of aromatic nitrogens is 2. The minimum absolute atomic E-state index is 0.764. The summed E-state index contributed by atoms with van der Waals surface area (Å²) in [6.07, 6.45) is 1.62. The average molecular weight is 390 g/mol. The molecular weight excluding hydrogens is 362 g/mol. The topological polar surface area (TPSA) is 53.5 Å². The van der Waals surface area contributed by atoms with Crippen molar-refractivity contribution in [1.29, 1.82) is 0 Å². The first-order valence-electron chi connectivity index (χ1n) is 9.92. The third kappa shape index (κ3) is 4.42. The molecule has 0 spiro atoms. The molecule has 1 N–H and O–H groups in total. The van der Waals surface area contributed by atoms with Crippen LogP contribution in [-0.2, 0) is 0 Å². The number of anilines is 4. The summed E-state index contributed by atoms with van der Waals surface area (Å²) in [7, 11) is 1.68. The molecule has 6 nitrogen and oxygen atoms in total. The van der Waals surface area contributed by atoms with Crippen LogP contribution in [0.15, 0.2) is 54.9 Å². The van der Waals surface area contributed by atoms with Crippen molar-refractivity contribution in [3.63, 3.8) is 0 Å². The first kappa shape index (κ1) is 19.1. The van der Waals surface area contributed by atoms with Gasteiger partial charge < -0.3 is 19.9 Å². The van der Waals surface area contributed by atoms with E-state index in [9.17, 15) is 0 Å². The Bertz CT molecular complexity index is 983. The van der Waals surface area contributed by atoms with Gasteiger partial charge in [0, 0.05) is 37.9 Å². The number of nitrogens with zero attached hydrogens (tertiary/aromatic N) is 4. The highest BCUT2D eigenvalue weighted by Crippen LogP contribution is 2.29. The quantitative estimate of drug-likeness (QED) is 0.707. The largest absolute Gasteiger partial charge is 0.495 e. The van der Waals surface area contributed by atoms with Crippen molar-refractivity contribution >= 4 is 23.0 Å². The third-order valence-electron chi connectivity index (χ3n) is 5.24. The second-order valence-corrected chi connectivity index (χ2v) is 7.40. The Morgan fingerprint density at radius 2 is 1.62 bits per heavy atom. The molecule has 0 atom stereocenters. The molecule has 2 aromatic carbocycles. The van der Waals surface area contributed by atoms with Crippen LogP contribution in [0.5, 0.6) is 5.75 Å². The molecule has 150 valence electrons. The van der Waals surface area contributed by atoms with Crippen molar-refractivity contribution in [2.75, 3.05) is 48.4 Å². The Balaban J connectivity index is 1.45. The normalized spacial score (nSPS) is 14.0. The zero-order valence-corrected chi connectivity index (χ0v) is 17.2. The van der Waals surface area contributed by atoms with Crippen LogP contribution in [0.4, 0.5) is 23.0 Å². The van der Waals surface area contributed by atoms with Gasteiger partial charge in [0.2, 0.25) is 0 Å². The van der Waals surface area contributed by atoms with Crippen molar-refractivity contribution in [3.05, 3.63) is 66.0 Å². The molecule has 1 fully saturated rings. The number of aryl methyl sites for hydroxylation is 2. The van der Waals surface area contributed by atoms with E-state index >= 15 is 0 Å². The number of methoxy groups -OCH3 is 1. The Morgan fingerprint density at radius 3 is 2.38 bits per heavy atom. The monoisotopic (exact) mass is 389 g/mol. The predicted octanol–water partition coefficient (Wildman–Crippen LogP) is 4.17. The van der Waals surface area contributed by atoms with Gasteiger partial charge in [0.25, 0.3) is 0 Å². The lowest BCUT2D eigenvalue weighted by Crippen LogP contribution is -2.46. The van der Waals surface area contributed by atoms with E-state index in [0.29, 0.717) is 0 Å². The van der Waals surface area contributed by atoms with Crippen LogP contribution in [-0.4, -0.2) is 43.3 Å². The van der Waals surface area contributed by atoms with E-state index in [-0.39, 0.29) is 0 Å². The van der Waals surface area contributed by atoms with Gasteiger partial charge in [-0.05, 0) is 49.2 Å². The molecular formula is C23H27N5O. The molecule has 1 saturated heterocycles. The molecule has 29 heavy (non-hydrogen) atoms. The lowest BCUT2D eigenvalue weighted by molar-refractivity contribution is 0.416. The van der Waals surface area contributed by atoms with Crippen molar-refractivity contribution in [2.45, 2.75) is 13.8 Å². The SMILES string of the molecule is COc1ccc(C)cc1Nc1cc(N2CCN(c3cccc(C)c3)CC2)ncn1. The summed E-state index contributed by atoms with van der Waals surface area (Å²) in [5.41, 5.74) is 4.65. The number of nitrogens with one attached hydrogen (secondary N) is 1. The van der Waals surface area contributed by atoms with Crippen LogP contribution in [0.25, 0.3) is 0 Å². The highest BCUT2D eigenvalue weighted by atomic mass is 16.5. The standard InChI is InChI=1S/C23H27N5O/c1-17-5-4-6-19(13-17)27-9-11-28(12-10-27)23-15-22(24-16-25-23)26-20-14-18(2)7-8-21(20)29-3/h4-8,13-16H,9-12H2,1-3H3,(H,24,25,26). The number of ether oxygens (including phenoxy) is 1. The van der Waals surface area contributed by atoms with E-state index < -0.39 is 0 Å². The van der Waals surface area contributed by atoms with Gasteiger partial charge in [-0.15, -0.1) is 0 Å². The van der Waals surface area contributed by atoms with Crippen LogP contribution in [0.2, 0.25) is 0 Å². The van der Waals surface area contributed by atoms with Crippen molar-refractivity contribution < 1.29 is 4.74 Å².